The van der Waals surface area contributed by atoms with E-state index in [-0.39, 0.29) is 30.4 Å². The van der Waals surface area contributed by atoms with Crippen molar-refractivity contribution in [2.75, 3.05) is 12.4 Å². The largest absolute Gasteiger partial charge is 0.497 e. The van der Waals surface area contributed by atoms with Gasteiger partial charge in [-0.15, -0.1) is 10.2 Å². The van der Waals surface area contributed by atoms with Gasteiger partial charge >= 0.3 is 0 Å². The minimum Gasteiger partial charge on any atom is -0.497 e. The van der Waals surface area contributed by atoms with Crippen LogP contribution in [0, 0.1) is 0 Å². The van der Waals surface area contributed by atoms with Gasteiger partial charge in [-0.2, -0.15) is 0 Å². The van der Waals surface area contributed by atoms with Crippen LogP contribution in [0.1, 0.15) is 48.0 Å². The lowest BCUT2D eigenvalue weighted by molar-refractivity contribution is -0.116. The maximum absolute atomic E-state index is 12.0. The molecule has 1 heterocycles. The van der Waals surface area contributed by atoms with Gasteiger partial charge < -0.3 is 10.1 Å². The fraction of sp³-hybridized carbons (Fsp3) is 0.375. The Morgan fingerprint density at radius 2 is 1.87 bits per heavy atom. The van der Waals surface area contributed by atoms with Gasteiger partial charge in [0.2, 0.25) is 11.0 Å². The highest BCUT2D eigenvalue weighted by atomic mass is 32.1. The minimum absolute atomic E-state index is 0.0806. The number of anilines is 1. The van der Waals surface area contributed by atoms with Gasteiger partial charge in [0.1, 0.15) is 10.8 Å². The van der Waals surface area contributed by atoms with Crippen molar-refractivity contribution in [3.8, 4) is 5.75 Å². The van der Waals surface area contributed by atoms with Crippen molar-refractivity contribution in [1.82, 2.24) is 10.2 Å². The molecule has 6 nitrogen and oxygen atoms in total. The second-order valence-corrected chi connectivity index (χ2v) is 6.31. The third-order valence-corrected chi connectivity index (χ3v) is 4.31. The second-order valence-electron chi connectivity index (χ2n) is 5.30. The van der Waals surface area contributed by atoms with E-state index in [1.807, 2.05) is 13.8 Å². The molecule has 0 saturated heterocycles. The number of nitrogens with zero attached hydrogens (tertiary/aromatic N) is 2. The van der Waals surface area contributed by atoms with Crippen molar-refractivity contribution in [3.05, 3.63) is 34.8 Å². The van der Waals surface area contributed by atoms with Crippen LogP contribution in [-0.2, 0) is 4.79 Å². The van der Waals surface area contributed by atoms with E-state index in [2.05, 4.69) is 15.5 Å². The number of hydrogen-bond donors (Lipinski definition) is 1. The smallest absolute Gasteiger partial charge is 0.226 e. The van der Waals surface area contributed by atoms with E-state index in [1.165, 1.54) is 11.3 Å². The van der Waals surface area contributed by atoms with Gasteiger partial charge in [-0.3, -0.25) is 9.59 Å². The molecule has 23 heavy (non-hydrogen) atoms. The molecule has 7 heteroatoms. The van der Waals surface area contributed by atoms with Crippen molar-refractivity contribution in [1.29, 1.82) is 0 Å². The van der Waals surface area contributed by atoms with E-state index in [4.69, 9.17) is 4.74 Å². The molecule has 0 bridgehead atoms. The van der Waals surface area contributed by atoms with Crippen molar-refractivity contribution in [3.63, 3.8) is 0 Å². The molecule has 0 aliphatic heterocycles. The first kappa shape index (κ1) is 17.1. The minimum atomic E-state index is -0.238. The molecule has 0 radical (unpaired) electrons. The summed E-state index contributed by atoms with van der Waals surface area (Å²) in [4.78, 5) is 23.9. The highest BCUT2D eigenvalue weighted by molar-refractivity contribution is 7.15. The van der Waals surface area contributed by atoms with Gasteiger partial charge in [0.25, 0.3) is 0 Å². The van der Waals surface area contributed by atoms with Crippen molar-refractivity contribution in [2.45, 2.75) is 32.6 Å². The van der Waals surface area contributed by atoms with E-state index >= 15 is 0 Å². The number of aromatic nitrogens is 2. The summed E-state index contributed by atoms with van der Waals surface area (Å²) in [5.74, 6) is 0.646. The molecule has 0 unspecified atom stereocenters. The van der Waals surface area contributed by atoms with E-state index in [9.17, 15) is 9.59 Å². The van der Waals surface area contributed by atoms with Crippen LogP contribution in [0.3, 0.4) is 0 Å². The summed E-state index contributed by atoms with van der Waals surface area (Å²) >= 11 is 1.35. The monoisotopic (exact) mass is 333 g/mol. The maximum Gasteiger partial charge on any atom is 0.226 e. The van der Waals surface area contributed by atoms with E-state index in [0.29, 0.717) is 16.4 Å². The zero-order valence-electron chi connectivity index (χ0n) is 13.3. The molecule has 2 aromatic rings. The highest BCUT2D eigenvalue weighted by Gasteiger charge is 2.13. The first-order valence-corrected chi connectivity index (χ1v) is 8.11. The third kappa shape index (κ3) is 4.85. The summed E-state index contributed by atoms with van der Waals surface area (Å²) in [7, 11) is 1.57. The highest BCUT2D eigenvalue weighted by Crippen LogP contribution is 2.22. The zero-order chi connectivity index (χ0) is 16.8. The summed E-state index contributed by atoms with van der Waals surface area (Å²) in [6, 6.07) is 6.83. The molecule has 122 valence electrons. The van der Waals surface area contributed by atoms with E-state index in [0.717, 1.165) is 5.01 Å². The van der Waals surface area contributed by atoms with Gasteiger partial charge in [0.05, 0.1) is 7.11 Å². The number of ether oxygens (including phenoxy) is 1. The predicted octanol–water partition coefficient (Wildman–Crippen LogP) is 3.27. The van der Waals surface area contributed by atoms with Crippen molar-refractivity contribution in [2.24, 2.45) is 0 Å². The molecule has 0 fully saturated rings. The van der Waals surface area contributed by atoms with Crippen molar-refractivity contribution < 1.29 is 14.3 Å². The lowest BCUT2D eigenvalue weighted by atomic mass is 10.1. The molecule has 2 rings (SSSR count). The molecule has 1 amide bonds. The normalized spacial score (nSPS) is 10.6. The summed E-state index contributed by atoms with van der Waals surface area (Å²) < 4.78 is 5.05. The Hall–Kier alpha value is -2.28. The number of hydrogen-bond acceptors (Lipinski definition) is 6. The Morgan fingerprint density at radius 1 is 1.17 bits per heavy atom. The second kappa shape index (κ2) is 7.82. The number of ketones is 1. The Balaban J connectivity index is 1.84. The van der Waals surface area contributed by atoms with Crippen LogP contribution in [0.25, 0.3) is 0 Å². The van der Waals surface area contributed by atoms with Crippen LogP contribution in [0.4, 0.5) is 5.13 Å². The fourth-order valence-corrected chi connectivity index (χ4v) is 2.61. The van der Waals surface area contributed by atoms with E-state index < -0.39 is 0 Å². The van der Waals surface area contributed by atoms with Gasteiger partial charge in [-0.1, -0.05) is 25.2 Å². The van der Waals surface area contributed by atoms with Crippen LogP contribution >= 0.6 is 11.3 Å². The summed E-state index contributed by atoms with van der Waals surface area (Å²) in [5, 5.41) is 11.9. The number of rotatable bonds is 7. The molecule has 0 aliphatic carbocycles. The van der Waals surface area contributed by atoms with Crippen molar-refractivity contribution >= 4 is 28.2 Å². The fourth-order valence-electron chi connectivity index (χ4n) is 1.85. The Labute approximate surface area is 138 Å². The Kier molecular flexibility index (Phi) is 5.81. The van der Waals surface area contributed by atoms with Gasteiger partial charge in [0, 0.05) is 24.3 Å². The molecule has 1 aromatic heterocycles. The Bertz CT molecular complexity index is 680. The topological polar surface area (TPSA) is 81.2 Å². The van der Waals surface area contributed by atoms with Crippen LogP contribution < -0.4 is 10.1 Å². The lowest BCUT2D eigenvalue weighted by Crippen LogP contribution is -2.13. The lowest BCUT2D eigenvalue weighted by Gasteiger charge is -2.03. The van der Waals surface area contributed by atoms with Gasteiger partial charge in [-0.05, 0) is 24.3 Å². The molecule has 0 spiro atoms. The predicted molar refractivity (Wildman–Crippen MR) is 89.2 cm³/mol. The Morgan fingerprint density at radius 3 is 2.43 bits per heavy atom. The quantitative estimate of drug-likeness (QED) is 0.787. The standard InChI is InChI=1S/C16H19N3O3S/c1-10(2)15-18-19-16(23-15)17-14(21)9-8-13(20)11-4-6-12(22-3)7-5-11/h4-7,10H,8-9H2,1-3H3,(H,17,19,21). The molecule has 0 aliphatic rings. The number of Topliss-reactive ketones (excluding diaryl/α,β-unsaturated/α-hetero) is 1. The van der Waals surface area contributed by atoms with Crippen LogP contribution in [0.5, 0.6) is 5.75 Å². The SMILES string of the molecule is COc1ccc(C(=O)CCC(=O)Nc2nnc(C(C)C)s2)cc1. The van der Waals surface area contributed by atoms with Crippen LogP contribution in [0.2, 0.25) is 0 Å². The third-order valence-electron chi connectivity index (χ3n) is 3.17. The van der Waals surface area contributed by atoms with Crippen LogP contribution in [-0.4, -0.2) is 29.0 Å². The van der Waals surface area contributed by atoms with E-state index in [1.54, 1.807) is 31.4 Å². The summed E-state index contributed by atoms with van der Waals surface area (Å²) in [6.45, 7) is 4.03. The molecular weight excluding hydrogens is 314 g/mol. The molecule has 1 N–H and O–H groups in total. The zero-order valence-corrected chi connectivity index (χ0v) is 14.1. The molecule has 1 aromatic carbocycles. The summed E-state index contributed by atoms with van der Waals surface area (Å²) in [6.07, 6.45) is 0.259. The first-order chi connectivity index (χ1) is 11.0. The van der Waals surface area contributed by atoms with Gasteiger partial charge in [0.15, 0.2) is 5.78 Å². The number of carbonyl (C=O) groups is 2. The van der Waals surface area contributed by atoms with Gasteiger partial charge in [-0.25, -0.2) is 0 Å². The first-order valence-electron chi connectivity index (χ1n) is 7.30. The number of benzene rings is 1. The maximum atomic E-state index is 12.0. The van der Waals surface area contributed by atoms with Crippen LogP contribution in [0.15, 0.2) is 24.3 Å². The summed E-state index contributed by atoms with van der Waals surface area (Å²) in [5.41, 5.74) is 0.566. The average Bonchev–Trinajstić information content (AvgIpc) is 3.01. The number of methoxy groups -OCH3 is 1. The molecule has 0 saturated carbocycles. The average molecular weight is 333 g/mol. The number of amides is 1. The molecular formula is C16H19N3O3S. The number of nitrogens with one attached hydrogen (secondary N) is 1. The number of carbonyl (C=O) groups excluding carboxylic acids is 2. The molecule has 0 atom stereocenters.